The van der Waals surface area contributed by atoms with Crippen LogP contribution in [-0.4, -0.2) is 41.2 Å². The summed E-state index contributed by atoms with van der Waals surface area (Å²) in [6, 6.07) is 7.03. The molecule has 0 bridgehead atoms. The van der Waals surface area contributed by atoms with Crippen molar-refractivity contribution in [1.82, 2.24) is 0 Å². The summed E-state index contributed by atoms with van der Waals surface area (Å²) in [5, 5.41) is 11.8. The molecule has 260 valence electrons. The molecule has 0 saturated heterocycles. The van der Waals surface area contributed by atoms with Crippen LogP contribution in [0.25, 0.3) is 16.3 Å². The van der Waals surface area contributed by atoms with Gasteiger partial charge in [0, 0.05) is 66.1 Å². The first-order chi connectivity index (χ1) is 24.7. The molecule has 5 aliphatic carbocycles. The monoisotopic (exact) mass is 716 g/mol. The molecular formula is C40H28O11S. The number of ketones is 4. The van der Waals surface area contributed by atoms with Gasteiger partial charge in [0.25, 0.3) is 0 Å². The summed E-state index contributed by atoms with van der Waals surface area (Å²) in [6.45, 7) is 3.97. The maximum atomic E-state index is 14.3. The van der Waals surface area contributed by atoms with E-state index in [4.69, 9.17) is 13.0 Å². The lowest BCUT2D eigenvalue weighted by molar-refractivity contribution is 0.0987. The summed E-state index contributed by atoms with van der Waals surface area (Å²) >= 11 is 0. The van der Waals surface area contributed by atoms with Gasteiger partial charge < -0.3 is 18.1 Å². The lowest BCUT2D eigenvalue weighted by Crippen LogP contribution is -2.36. The van der Waals surface area contributed by atoms with E-state index in [1.54, 1.807) is 24.7 Å². The molecule has 52 heavy (non-hydrogen) atoms. The van der Waals surface area contributed by atoms with Gasteiger partial charge >= 0.3 is 10.4 Å². The van der Waals surface area contributed by atoms with E-state index >= 15 is 0 Å². The van der Waals surface area contributed by atoms with Gasteiger partial charge in [-0.05, 0) is 97.2 Å². The highest BCUT2D eigenvalue weighted by atomic mass is 32.3. The van der Waals surface area contributed by atoms with E-state index in [1.807, 2.05) is 13.8 Å². The number of allylic oxidation sites excluding steroid dienone is 2. The van der Waals surface area contributed by atoms with Gasteiger partial charge in [-0.15, -0.1) is 0 Å². The Kier molecular flexibility index (Phi) is 5.90. The first kappa shape index (κ1) is 31.2. The van der Waals surface area contributed by atoms with Crippen molar-refractivity contribution in [3.63, 3.8) is 0 Å². The number of aryl methyl sites for hydroxylation is 2. The number of fused-ring (bicyclic) bond motifs is 6. The van der Waals surface area contributed by atoms with Gasteiger partial charge in [0.1, 0.15) is 5.75 Å². The van der Waals surface area contributed by atoms with E-state index in [0.717, 1.165) is 60.1 Å². The minimum Gasteiger partial charge on any atom is -0.507 e. The van der Waals surface area contributed by atoms with Crippen LogP contribution < -0.4 is 4.18 Å². The fraction of sp³-hybridized carbons (Fsp3) is 0.250. The van der Waals surface area contributed by atoms with Crippen LogP contribution >= 0.6 is 0 Å². The number of rotatable bonds is 3. The SMILES string of the molecule is C[C@@]12CCCc3coc(c31)C(=O)c1cc3c(cc12)C(=O)C=C(c1cc(OS(=O)(=O)O)c2cc4c(cc2c1O)C(=O)c1occ2c1[C@@]4(C)CCC2)C3=O. The van der Waals surface area contributed by atoms with Crippen molar-refractivity contribution < 1.29 is 50.3 Å². The maximum Gasteiger partial charge on any atom is 0.446 e. The second-order valence-electron chi connectivity index (χ2n) is 14.9. The number of aromatic hydroxyl groups is 1. The predicted octanol–water partition coefficient (Wildman–Crippen LogP) is 6.75. The van der Waals surface area contributed by atoms with Crippen molar-refractivity contribution in [2.45, 2.75) is 63.2 Å². The van der Waals surface area contributed by atoms with Crippen molar-refractivity contribution in [3.05, 3.63) is 122 Å². The zero-order valence-electron chi connectivity index (χ0n) is 27.8. The summed E-state index contributed by atoms with van der Waals surface area (Å²) in [7, 11) is -5.13. The van der Waals surface area contributed by atoms with E-state index in [9.17, 15) is 37.3 Å². The third-order valence-corrected chi connectivity index (χ3v) is 12.4. The highest BCUT2D eigenvalue weighted by Crippen LogP contribution is 2.54. The summed E-state index contributed by atoms with van der Waals surface area (Å²) in [5.41, 5.74) is 3.24. The van der Waals surface area contributed by atoms with Gasteiger partial charge in [0.2, 0.25) is 11.6 Å². The van der Waals surface area contributed by atoms with Crippen molar-refractivity contribution in [1.29, 1.82) is 0 Å². The van der Waals surface area contributed by atoms with Gasteiger partial charge in [0.15, 0.2) is 28.8 Å². The molecule has 5 aliphatic rings. The summed E-state index contributed by atoms with van der Waals surface area (Å²) < 4.78 is 50.7. The fourth-order valence-electron chi connectivity index (χ4n) is 9.71. The minimum absolute atomic E-state index is 0.0512. The standard InChI is InChI=1S/C40H28O11S/c1-39-7-3-5-17-15-49-37(31(17)39)35(44)25-9-21-19(11-27(25)39)29(41)13-23(33(21)42)24-14-30(51-52(46,47)48)20-12-28-26(10-22(20)34(24)43)36(45)38-32-18(16-50-38)6-4-8-40(28,32)2/h9-16,43H,3-8H2,1-2H3,(H,46,47,48)/t39-,40-/m0/s1. The Morgan fingerprint density at radius 2 is 1.27 bits per heavy atom. The second kappa shape index (κ2) is 9.84. The molecule has 0 radical (unpaired) electrons. The average Bonchev–Trinajstić information content (AvgIpc) is 3.75. The van der Waals surface area contributed by atoms with Crippen molar-refractivity contribution in [2.24, 2.45) is 0 Å². The van der Waals surface area contributed by atoms with E-state index in [-0.39, 0.29) is 55.7 Å². The Balaban J connectivity index is 1.16. The minimum atomic E-state index is -5.13. The molecule has 0 fully saturated rings. The molecule has 5 aromatic rings. The van der Waals surface area contributed by atoms with Crippen molar-refractivity contribution >= 4 is 49.9 Å². The van der Waals surface area contributed by atoms with Crippen LogP contribution in [-0.2, 0) is 34.1 Å². The van der Waals surface area contributed by atoms with Crippen LogP contribution in [0.1, 0.15) is 131 Å². The summed E-state index contributed by atoms with van der Waals surface area (Å²) in [6.07, 6.45) is 8.76. The third-order valence-electron chi connectivity index (χ3n) is 12.1. The number of hydrogen-bond acceptors (Lipinski definition) is 10. The summed E-state index contributed by atoms with van der Waals surface area (Å²) in [5.74, 6) is -2.66. The number of furan rings is 2. The Hall–Kier alpha value is -5.59. The zero-order valence-corrected chi connectivity index (χ0v) is 28.7. The Bertz CT molecular complexity index is 2760. The summed E-state index contributed by atoms with van der Waals surface area (Å²) in [4.78, 5) is 55.8. The molecule has 3 aromatic carbocycles. The highest BCUT2D eigenvalue weighted by Gasteiger charge is 2.48. The van der Waals surface area contributed by atoms with Crippen molar-refractivity contribution in [3.8, 4) is 11.5 Å². The largest absolute Gasteiger partial charge is 0.507 e. The molecule has 11 nitrogen and oxygen atoms in total. The topological polar surface area (TPSA) is 178 Å². The third kappa shape index (κ3) is 3.85. The van der Waals surface area contributed by atoms with E-state index < -0.39 is 55.9 Å². The second-order valence-corrected chi connectivity index (χ2v) is 15.9. The first-order valence-electron chi connectivity index (χ1n) is 17.0. The number of carbonyl (C=O) groups is 4. The molecular weight excluding hydrogens is 688 g/mol. The highest BCUT2D eigenvalue weighted by molar-refractivity contribution is 7.81. The molecule has 10 rings (SSSR count). The van der Waals surface area contributed by atoms with Gasteiger partial charge in [-0.2, -0.15) is 8.42 Å². The van der Waals surface area contributed by atoms with E-state index in [0.29, 0.717) is 24.0 Å². The number of benzene rings is 3. The molecule has 2 N–H and O–H groups in total. The molecule has 0 aliphatic heterocycles. The number of phenols is 1. The van der Waals surface area contributed by atoms with Crippen LogP contribution in [0.15, 0.2) is 57.8 Å². The predicted molar refractivity (Wildman–Crippen MR) is 184 cm³/mol. The average molecular weight is 717 g/mol. The lowest BCUT2D eigenvalue weighted by atomic mass is 9.62. The maximum absolute atomic E-state index is 14.3. The normalized spacial score (nSPS) is 22.7. The molecule has 2 aromatic heterocycles. The van der Waals surface area contributed by atoms with Gasteiger partial charge in [-0.1, -0.05) is 13.8 Å². The number of carbonyl (C=O) groups excluding carboxylic acids is 4. The lowest BCUT2D eigenvalue weighted by Gasteiger charge is -2.39. The zero-order chi connectivity index (χ0) is 36.2. The van der Waals surface area contributed by atoms with Crippen LogP contribution in [0, 0.1) is 0 Å². The number of hydrogen-bond donors (Lipinski definition) is 2. The van der Waals surface area contributed by atoms with Crippen LogP contribution in [0.5, 0.6) is 11.5 Å². The van der Waals surface area contributed by atoms with E-state index in [1.165, 1.54) is 12.1 Å². The number of Topliss-reactive ketones (excluding diaryl/α,β-unsaturated/α-hetero) is 1. The smallest absolute Gasteiger partial charge is 0.446 e. The van der Waals surface area contributed by atoms with Crippen LogP contribution in [0.2, 0.25) is 0 Å². The molecule has 0 spiro atoms. The Labute approximate surface area is 295 Å². The Morgan fingerprint density at radius 3 is 1.87 bits per heavy atom. The van der Waals surface area contributed by atoms with E-state index in [2.05, 4.69) is 0 Å². The fourth-order valence-corrected chi connectivity index (χ4v) is 10.1. The van der Waals surface area contributed by atoms with Gasteiger partial charge in [-0.3, -0.25) is 23.7 Å². The molecule has 2 atom stereocenters. The van der Waals surface area contributed by atoms with Gasteiger partial charge in [0.05, 0.1) is 12.5 Å². The Morgan fingerprint density at radius 1 is 0.692 bits per heavy atom. The molecule has 0 unspecified atom stereocenters. The quantitative estimate of drug-likeness (QED) is 0.189. The van der Waals surface area contributed by atoms with Crippen LogP contribution in [0.3, 0.4) is 0 Å². The molecule has 0 amide bonds. The van der Waals surface area contributed by atoms with Gasteiger partial charge in [-0.25, -0.2) is 0 Å². The molecule has 0 saturated carbocycles. The first-order valence-corrected chi connectivity index (χ1v) is 18.4. The molecule has 12 heteroatoms. The molecule has 2 heterocycles. The van der Waals surface area contributed by atoms with Crippen LogP contribution in [0.4, 0.5) is 0 Å². The van der Waals surface area contributed by atoms with Crippen molar-refractivity contribution in [2.75, 3.05) is 0 Å². The number of phenolic OH excluding ortho intramolecular Hbond substituents is 1.